The lowest BCUT2D eigenvalue weighted by Gasteiger charge is -2.36. The SMILES string of the molecule is Cc1ccc(C(=O)N2C[C@H](C)N[C@@H](C)C2)n1C. The van der Waals surface area contributed by atoms with Crippen LogP contribution >= 0.6 is 0 Å². The zero-order chi connectivity index (χ0) is 12.6. The van der Waals surface area contributed by atoms with Gasteiger partial charge in [0.1, 0.15) is 5.69 Å². The standard InChI is InChI=1S/C13H21N3O/c1-9-7-16(8-10(2)14-9)13(17)12-6-5-11(3)15(12)4/h5-6,9-10,14H,7-8H2,1-4H3/t9-,10-/m0/s1. The van der Waals surface area contributed by atoms with Gasteiger partial charge in [-0.15, -0.1) is 0 Å². The maximum Gasteiger partial charge on any atom is 0.270 e. The maximum absolute atomic E-state index is 12.4. The Bertz CT molecular complexity index is 414. The minimum atomic E-state index is 0.140. The molecule has 0 radical (unpaired) electrons. The quantitative estimate of drug-likeness (QED) is 0.793. The van der Waals surface area contributed by atoms with Crippen LogP contribution in [-0.2, 0) is 7.05 Å². The molecular formula is C13H21N3O. The third-order valence-electron chi connectivity index (χ3n) is 3.44. The van der Waals surface area contributed by atoms with E-state index >= 15 is 0 Å². The van der Waals surface area contributed by atoms with Crippen molar-refractivity contribution in [2.75, 3.05) is 13.1 Å². The highest BCUT2D eigenvalue weighted by Gasteiger charge is 2.26. The fourth-order valence-corrected chi connectivity index (χ4v) is 2.48. The molecule has 0 saturated carbocycles. The number of nitrogens with one attached hydrogen (secondary N) is 1. The molecule has 1 aromatic heterocycles. The van der Waals surface area contributed by atoms with E-state index in [1.54, 1.807) is 0 Å². The molecule has 17 heavy (non-hydrogen) atoms. The molecule has 2 heterocycles. The fourth-order valence-electron chi connectivity index (χ4n) is 2.48. The van der Waals surface area contributed by atoms with Crippen LogP contribution in [0.25, 0.3) is 0 Å². The molecule has 0 aliphatic carbocycles. The van der Waals surface area contributed by atoms with Gasteiger partial charge in [-0.1, -0.05) is 0 Å². The second kappa shape index (κ2) is 4.53. The van der Waals surface area contributed by atoms with Crippen LogP contribution in [0, 0.1) is 6.92 Å². The Morgan fingerprint density at radius 2 is 1.88 bits per heavy atom. The molecule has 1 N–H and O–H groups in total. The Morgan fingerprint density at radius 1 is 1.29 bits per heavy atom. The lowest BCUT2D eigenvalue weighted by atomic mass is 10.1. The molecule has 1 saturated heterocycles. The summed E-state index contributed by atoms with van der Waals surface area (Å²) < 4.78 is 1.96. The molecule has 4 nitrogen and oxygen atoms in total. The first kappa shape index (κ1) is 12.2. The van der Waals surface area contributed by atoms with Gasteiger partial charge >= 0.3 is 0 Å². The highest BCUT2D eigenvalue weighted by Crippen LogP contribution is 2.12. The summed E-state index contributed by atoms with van der Waals surface area (Å²) in [6.45, 7) is 7.82. The Kier molecular flexibility index (Phi) is 3.24. The number of aromatic nitrogens is 1. The van der Waals surface area contributed by atoms with Crippen LogP contribution in [0.15, 0.2) is 12.1 Å². The number of nitrogens with zero attached hydrogens (tertiary/aromatic N) is 2. The predicted octanol–water partition coefficient (Wildman–Crippen LogP) is 1.16. The van der Waals surface area contributed by atoms with Crippen molar-refractivity contribution in [2.24, 2.45) is 7.05 Å². The van der Waals surface area contributed by atoms with Crippen molar-refractivity contribution >= 4 is 5.91 Å². The summed E-state index contributed by atoms with van der Waals surface area (Å²) in [6.07, 6.45) is 0. The zero-order valence-electron chi connectivity index (χ0n) is 11.0. The van der Waals surface area contributed by atoms with Gasteiger partial charge in [0.2, 0.25) is 0 Å². The molecular weight excluding hydrogens is 214 g/mol. The zero-order valence-corrected chi connectivity index (χ0v) is 11.0. The van der Waals surface area contributed by atoms with Gasteiger partial charge in [-0.3, -0.25) is 4.79 Å². The number of aryl methyl sites for hydroxylation is 1. The van der Waals surface area contributed by atoms with Crippen LogP contribution in [0.1, 0.15) is 30.0 Å². The normalized spacial score (nSPS) is 25.1. The summed E-state index contributed by atoms with van der Waals surface area (Å²) in [4.78, 5) is 14.3. The summed E-state index contributed by atoms with van der Waals surface area (Å²) in [6, 6.07) is 4.63. The van der Waals surface area contributed by atoms with Gasteiger partial charge in [-0.2, -0.15) is 0 Å². The van der Waals surface area contributed by atoms with Crippen molar-refractivity contribution in [3.63, 3.8) is 0 Å². The fraction of sp³-hybridized carbons (Fsp3) is 0.615. The van der Waals surface area contributed by atoms with Gasteiger partial charge in [0.25, 0.3) is 5.91 Å². The monoisotopic (exact) mass is 235 g/mol. The largest absolute Gasteiger partial charge is 0.344 e. The molecule has 1 fully saturated rings. The molecule has 0 spiro atoms. The first-order chi connectivity index (χ1) is 7.99. The van der Waals surface area contributed by atoms with Gasteiger partial charge < -0.3 is 14.8 Å². The number of amides is 1. The van der Waals surface area contributed by atoms with Crippen LogP contribution in [0.4, 0.5) is 0 Å². The van der Waals surface area contributed by atoms with Gasteiger partial charge in [0.15, 0.2) is 0 Å². The Labute approximate surface area is 103 Å². The van der Waals surface area contributed by atoms with E-state index in [0.29, 0.717) is 12.1 Å². The molecule has 2 rings (SSSR count). The van der Waals surface area contributed by atoms with E-state index in [1.165, 1.54) is 0 Å². The second-order valence-electron chi connectivity index (χ2n) is 5.10. The molecule has 0 aromatic carbocycles. The van der Waals surface area contributed by atoms with E-state index in [9.17, 15) is 4.79 Å². The number of hydrogen-bond donors (Lipinski definition) is 1. The molecule has 1 amide bonds. The highest BCUT2D eigenvalue weighted by molar-refractivity contribution is 5.93. The van der Waals surface area contributed by atoms with Crippen molar-refractivity contribution in [3.8, 4) is 0 Å². The summed E-state index contributed by atoms with van der Waals surface area (Å²) in [5, 5.41) is 3.43. The number of piperazine rings is 1. The van der Waals surface area contributed by atoms with Gasteiger partial charge in [-0.25, -0.2) is 0 Å². The molecule has 94 valence electrons. The average molecular weight is 235 g/mol. The van der Waals surface area contributed by atoms with E-state index < -0.39 is 0 Å². The molecule has 1 aromatic rings. The molecule has 0 bridgehead atoms. The van der Waals surface area contributed by atoms with E-state index in [4.69, 9.17) is 0 Å². The summed E-state index contributed by atoms with van der Waals surface area (Å²) >= 11 is 0. The van der Waals surface area contributed by atoms with Crippen LogP contribution in [0.5, 0.6) is 0 Å². The third kappa shape index (κ3) is 2.36. The average Bonchev–Trinajstić information content (AvgIpc) is 2.57. The number of rotatable bonds is 1. The van der Waals surface area contributed by atoms with Crippen LogP contribution in [0.2, 0.25) is 0 Å². The number of hydrogen-bond acceptors (Lipinski definition) is 2. The lowest BCUT2D eigenvalue weighted by molar-refractivity contribution is 0.0664. The number of carbonyl (C=O) groups is 1. The summed E-state index contributed by atoms with van der Waals surface area (Å²) in [7, 11) is 1.94. The minimum Gasteiger partial charge on any atom is -0.344 e. The Hall–Kier alpha value is -1.29. The van der Waals surface area contributed by atoms with Gasteiger partial charge in [0.05, 0.1) is 0 Å². The van der Waals surface area contributed by atoms with Crippen molar-refractivity contribution in [2.45, 2.75) is 32.9 Å². The Balaban J connectivity index is 2.17. The maximum atomic E-state index is 12.4. The van der Waals surface area contributed by atoms with Crippen molar-refractivity contribution in [3.05, 3.63) is 23.5 Å². The van der Waals surface area contributed by atoms with E-state index in [-0.39, 0.29) is 5.91 Å². The van der Waals surface area contributed by atoms with Crippen LogP contribution in [-0.4, -0.2) is 40.5 Å². The second-order valence-corrected chi connectivity index (χ2v) is 5.10. The number of carbonyl (C=O) groups excluding carboxylic acids is 1. The van der Waals surface area contributed by atoms with Gasteiger partial charge in [-0.05, 0) is 32.9 Å². The smallest absolute Gasteiger partial charge is 0.270 e. The van der Waals surface area contributed by atoms with E-state index in [0.717, 1.165) is 24.5 Å². The molecule has 1 aliphatic heterocycles. The summed E-state index contributed by atoms with van der Waals surface area (Å²) in [5.41, 5.74) is 1.90. The van der Waals surface area contributed by atoms with Gasteiger partial charge in [0, 0.05) is 37.9 Å². The third-order valence-corrected chi connectivity index (χ3v) is 3.44. The first-order valence-electron chi connectivity index (χ1n) is 6.16. The first-order valence-corrected chi connectivity index (χ1v) is 6.16. The summed E-state index contributed by atoms with van der Waals surface area (Å²) in [5.74, 6) is 0.140. The van der Waals surface area contributed by atoms with Crippen LogP contribution < -0.4 is 5.32 Å². The molecule has 1 aliphatic rings. The topological polar surface area (TPSA) is 37.3 Å². The molecule has 0 unspecified atom stereocenters. The van der Waals surface area contributed by atoms with Crippen molar-refractivity contribution in [1.29, 1.82) is 0 Å². The lowest BCUT2D eigenvalue weighted by Crippen LogP contribution is -2.56. The highest BCUT2D eigenvalue weighted by atomic mass is 16.2. The van der Waals surface area contributed by atoms with Crippen LogP contribution in [0.3, 0.4) is 0 Å². The van der Waals surface area contributed by atoms with Crippen molar-refractivity contribution < 1.29 is 4.79 Å². The van der Waals surface area contributed by atoms with E-state index in [1.807, 2.05) is 35.6 Å². The molecule has 2 atom stereocenters. The van der Waals surface area contributed by atoms with E-state index in [2.05, 4.69) is 19.2 Å². The minimum absolute atomic E-state index is 0.140. The molecule has 4 heteroatoms. The Morgan fingerprint density at radius 3 is 2.35 bits per heavy atom. The van der Waals surface area contributed by atoms with Crippen molar-refractivity contribution in [1.82, 2.24) is 14.8 Å². The predicted molar refractivity (Wildman–Crippen MR) is 68.1 cm³/mol.